The van der Waals surface area contributed by atoms with Gasteiger partial charge in [-0.3, -0.25) is 4.79 Å². The summed E-state index contributed by atoms with van der Waals surface area (Å²) in [5, 5.41) is 3.30. The second-order valence-corrected chi connectivity index (χ2v) is 7.21. The van der Waals surface area contributed by atoms with Crippen LogP contribution >= 0.6 is 0 Å². The molecule has 24 heavy (non-hydrogen) atoms. The van der Waals surface area contributed by atoms with Crippen molar-refractivity contribution < 1.29 is 4.79 Å². The highest BCUT2D eigenvalue weighted by Crippen LogP contribution is 2.41. The van der Waals surface area contributed by atoms with Gasteiger partial charge in [0.1, 0.15) is 0 Å². The third-order valence-electron chi connectivity index (χ3n) is 5.46. The molecule has 0 spiro atoms. The van der Waals surface area contributed by atoms with Gasteiger partial charge >= 0.3 is 0 Å². The number of benzene rings is 2. The van der Waals surface area contributed by atoms with Crippen molar-refractivity contribution in [2.24, 2.45) is 0 Å². The number of nitrogens with one attached hydrogen (secondary N) is 1. The molecule has 2 aromatic rings. The van der Waals surface area contributed by atoms with Crippen LogP contribution in [0.1, 0.15) is 60.9 Å². The first-order chi connectivity index (χ1) is 11.5. The molecule has 1 amide bonds. The molecule has 0 saturated heterocycles. The quantitative estimate of drug-likeness (QED) is 0.844. The number of hydrogen-bond donors (Lipinski definition) is 1. The van der Waals surface area contributed by atoms with Gasteiger partial charge in [0.2, 0.25) is 5.91 Å². The Kier molecular flexibility index (Phi) is 4.75. The first-order valence-electron chi connectivity index (χ1n) is 8.96. The molecule has 126 valence electrons. The minimum absolute atomic E-state index is 0.0271. The summed E-state index contributed by atoms with van der Waals surface area (Å²) >= 11 is 0. The summed E-state index contributed by atoms with van der Waals surface area (Å²) in [6.07, 6.45) is 4.14. The normalized spacial score (nSPS) is 17.5. The van der Waals surface area contributed by atoms with Crippen LogP contribution in [0.15, 0.2) is 48.5 Å². The summed E-state index contributed by atoms with van der Waals surface area (Å²) < 4.78 is 0. The Labute approximate surface area is 145 Å². The van der Waals surface area contributed by atoms with Crippen molar-refractivity contribution in [2.75, 3.05) is 0 Å². The number of carbonyl (C=O) groups is 1. The smallest absolute Gasteiger partial charge is 0.231 e. The highest BCUT2D eigenvalue weighted by atomic mass is 16.2. The van der Waals surface area contributed by atoms with E-state index in [2.05, 4.69) is 56.4 Å². The molecule has 0 heterocycles. The molecule has 0 aromatic heterocycles. The molecule has 0 radical (unpaired) electrons. The topological polar surface area (TPSA) is 29.1 Å². The molecule has 1 aliphatic carbocycles. The Morgan fingerprint density at radius 3 is 2.33 bits per heavy atom. The summed E-state index contributed by atoms with van der Waals surface area (Å²) in [7, 11) is 0. The molecule has 1 unspecified atom stereocenters. The van der Waals surface area contributed by atoms with Crippen molar-refractivity contribution in [2.45, 2.75) is 57.9 Å². The number of rotatable bonds is 4. The van der Waals surface area contributed by atoms with E-state index in [1.54, 1.807) is 0 Å². The van der Waals surface area contributed by atoms with E-state index in [0.717, 1.165) is 31.2 Å². The monoisotopic (exact) mass is 321 g/mol. The van der Waals surface area contributed by atoms with Crippen LogP contribution in [0.4, 0.5) is 0 Å². The summed E-state index contributed by atoms with van der Waals surface area (Å²) in [5.41, 5.74) is 4.51. The summed E-state index contributed by atoms with van der Waals surface area (Å²) in [4.78, 5) is 13.2. The minimum Gasteiger partial charge on any atom is -0.349 e. The maximum atomic E-state index is 13.2. The maximum Gasteiger partial charge on any atom is 0.231 e. The van der Waals surface area contributed by atoms with Gasteiger partial charge in [-0.05, 0) is 50.3 Å². The average Bonchev–Trinajstić information content (AvgIpc) is 3.06. The molecule has 2 nitrogen and oxygen atoms in total. The van der Waals surface area contributed by atoms with Crippen LogP contribution in [0.2, 0.25) is 0 Å². The molecule has 1 atom stereocenters. The van der Waals surface area contributed by atoms with Crippen LogP contribution in [0.25, 0.3) is 0 Å². The highest BCUT2D eigenvalue weighted by Gasteiger charge is 2.42. The van der Waals surface area contributed by atoms with E-state index in [1.807, 2.05) is 18.2 Å². The molecular weight excluding hydrogens is 294 g/mol. The van der Waals surface area contributed by atoms with Gasteiger partial charge < -0.3 is 5.32 Å². The second kappa shape index (κ2) is 6.80. The molecular formula is C22H27NO. The van der Waals surface area contributed by atoms with Crippen LogP contribution in [-0.4, -0.2) is 5.91 Å². The standard InChI is InChI=1S/C22H27NO/c1-16-11-12-20(17(2)15-16)18(3)23-21(24)22(13-7-8-14-22)19-9-5-4-6-10-19/h4-6,9-12,15,18H,7-8,13-14H2,1-3H3,(H,23,24). The third kappa shape index (κ3) is 3.10. The lowest BCUT2D eigenvalue weighted by Crippen LogP contribution is -2.43. The van der Waals surface area contributed by atoms with E-state index in [-0.39, 0.29) is 17.4 Å². The predicted molar refractivity (Wildman–Crippen MR) is 99.1 cm³/mol. The Morgan fingerprint density at radius 2 is 1.71 bits per heavy atom. The lowest BCUT2D eigenvalue weighted by molar-refractivity contribution is -0.127. The van der Waals surface area contributed by atoms with Gasteiger partial charge in [-0.1, -0.05) is 66.9 Å². The summed E-state index contributed by atoms with van der Waals surface area (Å²) in [5.74, 6) is 0.179. The van der Waals surface area contributed by atoms with Gasteiger partial charge in [0, 0.05) is 0 Å². The van der Waals surface area contributed by atoms with Crippen LogP contribution in [0, 0.1) is 13.8 Å². The SMILES string of the molecule is Cc1ccc(C(C)NC(=O)C2(c3ccccc3)CCCC2)c(C)c1. The molecule has 1 N–H and O–H groups in total. The van der Waals surface area contributed by atoms with Crippen LogP contribution < -0.4 is 5.32 Å². The molecule has 3 rings (SSSR count). The Balaban J connectivity index is 1.84. The molecule has 0 bridgehead atoms. The lowest BCUT2D eigenvalue weighted by Gasteiger charge is -2.30. The molecule has 1 saturated carbocycles. The van der Waals surface area contributed by atoms with Crippen molar-refractivity contribution in [3.05, 3.63) is 70.8 Å². The number of aryl methyl sites for hydroxylation is 2. The molecule has 2 heteroatoms. The van der Waals surface area contributed by atoms with Gasteiger partial charge in [0.05, 0.1) is 11.5 Å². The molecule has 0 aliphatic heterocycles. The zero-order chi connectivity index (χ0) is 17.2. The van der Waals surface area contributed by atoms with Gasteiger partial charge in [-0.2, -0.15) is 0 Å². The van der Waals surface area contributed by atoms with Crippen molar-refractivity contribution in [1.82, 2.24) is 5.32 Å². The van der Waals surface area contributed by atoms with Gasteiger partial charge in [-0.15, -0.1) is 0 Å². The zero-order valence-electron chi connectivity index (χ0n) is 14.9. The molecule has 1 fully saturated rings. The Hall–Kier alpha value is -2.09. The van der Waals surface area contributed by atoms with Crippen molar-refractivity contribution in [3.63, 3.8) is 0 Å². The number of carbonyl (C=O) groups excluding carboxylic acids is 1. The highest BCUT2D eigenvalue weighted by molar-refractivity contribution is 5.89. The van der Waals surface area contributed by atoms with Gasteiger partial charge in [-0.25, -0.2) is 0 Å². The Bertz CT molecular complexity index is 714. The van der Waals surface area contributed by atoms with Crippen molar-refractivity contribution in [3.8, 4) is 0 Å². The van der Waals surface area contributed by atoms with Crippen LogP contribution in [-0.2, 0) is 10.2 Å². The minimum atomic E-state index is -0.353. The first kappa shape index (κ1) is 16.8. The van der Waals surface area contributed by atoms with Gasteiger partial charge in [0.15, 0.2) is 0 Å². The molecule has 2 aromatic carbocycles. The van der Waals surface area contributed by atoms with Crippen molar-refractivity contribution >= 4 is 5.91 Å². The fourth-order valence-corrected chi connectivity index (χ4v) is 4.11. The summed E-state index contributed by atoms with van der Waals surface area (Å²) in [6.45, 7) is 6.31. The predicted octanol–water partition coefficient (Wildman–Crippen LogP) is 4.99. The van der Waals surface area contributed by atoms with Crippen molar-refractivity contribution in [1.29, 1.82) is 0 Å². The van der Waals surface area contributed by atoms with E-state index >= 15 is 0 Å². The van der Waals surface area contributed by atoms with E-state index in [0.29, 0.717) is 0 Å². The first-order valence-corrected chi connectivity index (χ1v) is 8.96. The van der Waals surface area contributed by atoms with E-state index in [9.17, 15) is 4.79 Å². The lowest BCUT2D eigenvalue weighted by atomic mass is 9.77. The molecule has 1 aliphatic rings. The fraction of sp³-hybridized carbons (Fsp3) is 0.409. The van der Waals surface area contributed by atoms with E-state index in [1.165, 1.54) is 16.7 Å². The van der Waals surface area contributed by atoms with Crippen LogP contribution in [0.5, 0.6) is 0 Å². The third-order valence-corrected chi connectivity index (χ3v) is 5.46. The Morgan fingerprint density at radius 1 is 1.04 bits per heavy atom. The van der Waals surface area contributed by atoms with Gasteiger partial charge in [0.25, 0.3) is 0 Å². The number of amides is 1. The second-order valence-electron chi connectivity index (χ2n) is 7.21. The fourth-order valence-electron chi connectivity index (χ4n) is 4.11. The van der Waals surface area contributed by atoms with E-state index in [4.69, 9.17) is 0 Å². The van der Waals surface area contributed by atoms with Crippen LogP contribution in [0.3, 0.4) is 0 Å². The maximum absolute atomic E-state index is 13.2. The zero-order valence-corrected chi connectivity index (χ0v) is 14.9. The summed E-state index contributed by atoms with van der Waals surface area (Å²) in [6, 6.07) is 16.8. The number of hydrogen-bond acceptors (Lipinski definition) is 1. The largest absolute Gasteiger partial charge is 0.349 e. The van der Waals surface area contributed by atoms with E-state index < -0.39 is 0 Å². The average molecular weight is 321 g/mol.